The number of hydrogen-bond donors (Lipinski definition) is 1. The molecule has 0 amide bonds. The lowest BCUT2D eigenvalue weighted by Gasteiger charge is -2.28. The maximum absolute atomic E-state index is 3.77. The number of halogens is 1. The molecule has 108 valence electrons. The van der Waals surface area contributed by atoms with Crippen LogP contribution < -0.4 is 5.32 Å². The number of likely N-dealkylation sites (N-methyl/N-ethyl adjacent to an activating group) is 1. The zero-order valence-corrected chi connectivity index (χ0v) is 14.4. The van der Waals surface area contributed by atoms with E-state index in [1.807, 2.05) is 0 Å². The van der Waals surface area contributed by atoms with E-state index >= 15 is 0 Å². The summed E-state index contributed by atoms with van der Waals surface area (Å²) in [7, 11) is 4.27. The van der Waals surface area contributed by atoms with E-state index in [0.717, 1.165) is 6.54 Å². The Morgan fingerprint density at radius 2 is 1.79 bits per heavy atom. The molecule has 2 unspecified atom stereocenters. The first-order valence-electron chi connectivity index (χ1n) is 7.05. The highest BCUT2D eigenvalue weighted by Gasteiger charge is 2.16. The van der Waals surface area contributed by atoms with Crippen LogP contribution in [0.4, 0.5) is 0 Å². The molecule has 3 heteroatoms. The third-order valence-electron chi connectivity index (χ3n) is 3.20. The molecule has 1 aromatic carbocycles. The lowest BCUT2D eigenvalue weighted by molar-refractivity contribution is 0.290. The summed E-state index contributed by atoms with van der Waals surface area (Å²) in [6, 6.07) is 9.34. The van der Waals surface area contributed by atoms with Crippen molar-refractivity contribution in [2.75, 3.05) is 20.6 Å². The molecule has 1 rings (SSSR count). The molecule has 0 saturated heterocycles. The molecule has 0 saturated carbocycles. The fourth-order valence-corrected chi connectivity index (χ4v) is 3.10. The highest BCUT2D eigenvalue weighted by Crippen LogP contribution is 2.23. The van der Waals surface area contributed by atoms with Crippen LogP contribution in [0.25, 0.3) is 0 Å². The molecule has 2 nitrogen and oxygen atoms in total. The summed E-state index contributed by atoms with van der Waals surface area (Å²) in [6.45, 7) is 7.89. The maximum Gasteiger partial charge on any atom is 0.0306 e. The number of rotatable bonds is 7. The van der Waals surface area contributed by atoms with Gasteiger partial charge in [0.1, 0.15) is 0 Å². The summed E-state index contributed by atoms with van der Waals surface area (Å²) in [6.07, 6.45) is 1.20. The minimum Gasteiger partial charge on any atom is -0.308 e. The van der Waals surface area contributed by atoms with Gasteiger partial charge in [0, 0.05) is 23.1 Å². The standard InChI is InChI=1S/C16H27BrN2/c1-12(2)10-14(11-19(4)5)18-13(3)15-8-6-7-9-16(15)17/h6-9,12-14,18H,10-11H2,1-5H3. The zero-order valence-electron chi connectivity index (χ0n) is 12.8. The minimum absolute atomic E-state index is 0.360. The van der Waals surface area contributed by atoms with Gasteiger partial charge in [0.05, 0.1) is 0 Å². The molecule has 0 heterocycles. The molecule has 0 aliphatic heterocycles. The van der Waals surface area contributed by atoms with Gasteiger partial charge in [0.2, 0.25) is 0 Å². The van der Waals surface area contributed by atoms with Gasteiger partial charge >= 0.3 is 0 Å². The van der Waals surface area contributed by atoms with Gasteiger partial charge in [-0.3, -0.25) is 0 Å². The predicted molar refractivity (Wildman–Crippen MR) is 87.5 cm³/mol. The Hall–Kier alpha value is -0.380. The molecule has 2 atom stereocenters. The largest absolute Gasteiger partial charge is 0.308 e. The summed E-state index contributed by atoms with van der Waals surface area (Å²) < 4.78 is 1.18. The van der Waals surface area contributed by atoms with Crippen molar-refractivity contribution in [2.24, 2.45) is 5.92 Å². The van der Waals surface area contributed by atoms with Crippen molar-refractivity contribution >= 4 is 15.9 Å². The first-order valence-corrected chi connectivity index (χ1v) is 7.84. The summed E-state index contributed by atoms with van der Waals surface area (Å²) in [5.74, 6) is 0.712. The van der Waals surface area contributed by atoms with Crippen molar-refractivity contribution in [1.82, 2.24) is 10.2 Å². The highest BCUT2D eigenvalue weighted by molar-refractivity contribution is 9.10. The van der Waals surface area contributed by atoms with Crippen LogP contribution in [-0.2, 0) is 0 Å². The van der Waals surface area contributed by atoms with Crippen LogP contribution in [0.5, 0.6) is 0 Å². The lowest BCUT2D eigenvalue weighted by atomic mass is 10.0. The van der Waals surface area contributed by atoms with Crippen LogP contribution in [-0.4, -0.2) is 31.6 Å². The zero-order chi connectivity index (χ0) is 14.4. The molecule has 0 aliphatic carbocycles. The Balaban J connectivity index is 2.70. The number of nitrogens with zero attached hydrogens (tertiary/aromatic N) is 1. The molecule has 0 bridgehead atoms. The van der Waals surface area contributed by atoms with Crippen LogP contribution in [0.2, 0.25) is 0 Å². The fraction of sp³-hybridized carbons (Fsp3) is 0.625. The van der Waals surface area contributed by atoms with Gasteiger partial charge < -0.3 is 10.2 Å². The number of hydrogen-bond acceptors (Lipinski definition) is 2. The van der Waals surface area contributed by atoms with E-state index in [4.69, 9.17) is 0 Å². The van der Waals surface area contributed by atoms with Crippen LogP contribution >= 0.6 is 15.9 Å². The van der Waals surface area contributed by atoms with E-state index in [1.165, 1.54) is 16.5 Å². The van der Waals surface area contributed by atoms with E-state index < -0.39 is 0 Å². The fourth-order valence-electron chi connectivity index (χ4n) is 2.47. The minimum atomic E-state index is 0.360. The van der Waals surface area contributed by atoms with E-state index in [1.54, 1.807) is 0 Å². The van der Waals surface area contributed by atoms with E-state index in [9.17, 15) is 0 Å². The third-order valence-corrected chi connectivity index (χ3v) is 3.92. The number of nitrogens with one attached hydrogen (secondary N) is 1. The van der Waals surface area contributed by atoms with Gasteiger partial charge in [-0.15, -0.1) is 0 Å². The number of benzene rings is 1. The monoisotopic (exact) mass is 326 g/mol. The van der Waals surface area contributed by atoms with Gasteiger partial charge in [-0.05, 0) is 45.0 Å². The van der Waals surface area contributed by atoms with Gasteiger partial charge in [-0.25, -0.2) is 0 Å². The van der Waals surface area contributed by atoms with Gasteiger partial charge in [0.15, 0.2) is 0 Å². The SMILES string of the molecule is CC(C)CC(CN(C)C)NC(C)c1ccccc1Br. The molecule has 0 radical (unpaired) electrons. The lowest BCUT2D eigenvalue weighted by Crippen LogP contribution is -2.40. The van der Waals surface area contributed by atoms with Crippen LogP contribution in [0.1, 0.15) is 38.8 Å². The molecule has 19 heavy (non-hydrogen) atoms. The molecular weight excluding hydrogens is 300 g/mol. The smallest absolute Gasteiger partial charge is 0.0306 e. The summed E-state index contributed by atoms with van der Waals surface area (Å²) >= 11 is 3.64. The van der Waals surface area contributed by atoms with Gasteiger partial charge in [-0.1, -0.05) is 48.0 Å². The maximum atomic E-state index is 3.77. The molecular formula is C16H27BrN2. The van der Waals surface area contributed by atoms with Crippen molar-refractivity contribution in [3.63, 3.8) is 0 Å². The van der Waals surface area contributed by atoms with Crippen molar-refractivity contribution in [3.05, 3.63) is 34.3 Å². The second-order valence-electron chi connectivity index (χ2n) is 6.00. The highest BCUT2D eigenvalue weighted by atomic mass is 79.9. The third kappa shape index (κ3) is 6.07. The molecule has 0 fully saturated rings. The Morgan fingerprint density at radius 1 is 1.16 bits per heavy atom. The normalized spacial score (nSPS) is 14.9. The summed E-state index contributed by atoms with van der Waals surface area (Å²) in [5.41, 5.74) is 1.33. The predicted octanol–water partition coefficient (Wildman–Crippen LogP) is 4.08. The van der Waals surface area contributed by atoms with Crippen molar-refractivity contribution < 1.29 is 0 Å². The van der Waals surface area contributed by atoms with Crippen molar-refractivity contribution in [1.29, 1.82) is 0 Å². The first-order chi connectivity index (χ1) is 8.90. The van der Waals surface area contributed by atoms with Gasteiger partial charge in [-0.2, -0.15) is 0 Å². The molecule has 1 aromatic rings. The Labute approximate surface area is 126 Å². The second kappa shape index (κ2) is 8.03. The Kier molecular flexibility index (Phi) is 7.05. The molecule has 0 aliphatic rings. The molecule has 0 spiro atoms. The van der Waals surface area contributed by atoms with E-state index in [-0.39, 0.29) is 0 Å². The van der Waals surface area contributed by atoms with Crippen LogP contribution in [0.3, 0.4) is 0 Å². The first kappa shape index (κ1) is 16.7. The average Bonchev–Trinajstić information content (AvgIpc) is 2.27. The van der Waals surface area contributed by atoms with E-state index in [0.29, 0.717) is 18.0 Å². The van der Waals surface area contributed by atoms with Crippen molar-refractivity contribution in [2.45, 2.75) is 39.3 Å². The summed E-state index contributed by atoms with van der Waals surface area (Å²) in [4.78, 5) is 2.26. The van der Waals surface area contributed by atoms with E-state index in [2.05, 4.69) is 85.3 Å². The Bertz CT molecular complexity index is 367. The van der Waals surface area contributed by atoms with Crippen LogP contribution in [0, 0.1) is 5.92 Å². The second-order valence-corrected chi connectivity index (χ2v) is 6.85. The Morgan fingerprint density at radius 3 is 2.32 bits per heavy atom. The topological polar surface area (TPSA) is 15.3 Å². The quantitative estimate of drug-likeness (QED) is 0.812. The molecule has 1 N–H and O–H groups in total. The molecule has 0 aromatic heterocycles. The van der Waals surface area contributed by atoms with Gasteiger partial charge in [0.25, 0.3) is 0 Å². The summed E-state index contributed by atoms with van der Waals surface area (Å²) in [5, 5.41) is 3.77. The average molecular weight is 327 g/mol. The van der Waals surface area contributed by atoms with Crippen LogP contribution in [0.15, 0.2) is 28.7 Å². The van der Waals surface area contributed by atoms with Crippen molar-refractivity contribution in [3.8, 4) is 0 Å².